The van der Waals surface area contributed by atoms with E-state index in [0.29, 0.717) is 19.5 Å². The fourth-order valence-electron chi connectivity index (χ4n) is 2.18. The van der Waals surface area contributed by atoms with Gasteiger partial charge >= 0.3 is 11.8 Å². The number of rotatable bonds is 5. The summed E-state index contributed by atoms with van der Waals surface area (Å²) in [6.45, 7) is 2.82. The third-order valence-corrected chi connectivity index (χ3v) is 3.73. The molecule has 0 unspecified atom stereocenters. The summed E-state index contributed by atoms with van der Waals surface area (Å²) in [6.07, 6.45) is 4.12. The summed E-state index contributed by atoms with van der Waals surface area (Å²) in [5.41, 5.74) is 3.18. The lowest BCUT2D eigenvalue weighted by molar-refractivity contribution is -0.145. The Hall–Kier alpha value is -2.69. The summed E-state index contributed by atoms with van der Waals surface area (Å²) < 4.78 is 0. The Kier molecular flexibility index (Phi) is 5.86. The van der Waals surface area contributed by atoms with E-state index in [1.165, 1.54) is 4.90 Å². The van der Waals surface area contributed by atoms with E-state index in [9.17, 15) is 9.59 Å². The maximum atomic E-state index is 12.1. The fraction of sp³-hybridized carbons (Fsp3) is 0.278. The number of nitrogens with one attached hydrogen (secondary N) is 1. The van der Waals surface area contributed by atoms with Crippen molar-refractivity contribution in [2.24, 2.45) is 0 Å². The van der Waals surface area contributed by atoms with Crippen LogP contribution >= 0.6 is 0 Å². The van der Waals surface area contributed by atoms with Gasteiger partial charge in [-0.1, -0.05) is 24.3 Å². The largest absolute Gasteiger partial charge is 0.344 e. The van der Waals surface area contributed by atoms with Crippen LogP contribution in [0.15, 0.2) is 48.8 Å². The van der Waals surface area contributed by atoms with E-state index in [0.717, 1.165) is 16.7 Å². The zero-order chi connectivity index (χ0) is 16.7. The highest BCUT2D eigenvalue weighted by Gasteiger charge is 2.18. The Morgan fingerprint density at radius 2 is 1.83 bits per heavy atom. The Bertz CT molecular complexity index is 671. The van der Waals surface area contributed by atoms with Crippen LogP contribution < -0.4 is 5.32 Å². The molecule has 120 valence electrons. The van der Waals surface area contributed by atoms with Gasteiger partial charge in [-0.15, -0.1) is 0 Å². The number of nitrogens with zero attached hydrogens (tertiary/aromatic N) is 2. The molecule has 0 spiro atoms. The van der Waals surface area contributed by atoms with Crippen molar-refractivity contribution in [3.05, 3.63) is 65.5 Å². The molecule has 1 heterocycles. The second kappa shape index (κ2) is 8.08. The molecule has 0 aliphatic heterocycles. The zero-order valence-corrected chi connectivity index (χ0v) is 13.5. The van der Waals surface area contributed by atoms with Crippen LogP contribution in [0, 0.1) is 6.92 Å². The van der Waals surface area contributed by atoms with Crippen LogP contribution in [0.4, 0.5) is 0 Å². The van der Waals surface area contributed by atoms with Crippen LogP contribution in [0.25, 0.3) is 0 Å². The summed E-state index contributed by atoms with van der Waals surface area (Å²) in [6, 6.07) is 11.6. The predicted molar refractivity (Wildman–Crippen MR) is 88.6 cm³/mol. The van der Waals surface area contributed by atoms with Gasteiger partial charge in [-0.25, -0.2) is 0 Å². The topological polar surface area (TPSA) is 62.3 Å². The predicted octanol–water partition coefficient (Wildman–Crippen LogP) is 1.71. The van der Waals surface area contributed by atoms with Crippen molar-refractivity contribution in [2.75, 3.05) is 13.6 Å². The lowest BCUT2D eigenvalue weighted by Crippen LogP contribution is -2.41. The lowest BCUT2D eigenvalue weighted by atomic mass is 10.1. The van der Waals surface area contributed by atoms with Crippen molar-refractivity contribution in [3.63, 3.8) is 0 Å². The molecule has 2 aromatic rings. The van der Waals surface area contributed by atoms with Gasteiger partial charge in [-0.05, 0) is 42.2 Å². The van der Waals surface area contributed by atoms with Gasteiger partial charge < -0.3 is 10.2 Å². The number of amides is 2. The average Bonchev–Trinajstić information content (AvgIpc) is 2.59. The van der Waals surface area contributed by atoms with Gasteiger partial charge in [0.25, 0.3) is 0 Å². The van der Waals surface area contributed by atoms with E-state index in [4.69, 9.17) is 0 Å². The van der Waals surface area contributed by atoms with E-state index in [1.54, 1.807) is 19.4 Å². The molecule has 0 atom stereocenters. The molecular formula is C18H21N3O2. The molecule has 0 bridgehead atoms. The first-order valence-electron chi connectivity index (χ1n) is 7.54. The van der Waals surface area contributed by atoms with Crippen LogP contribution in [0.2, 0.25) is 0 Å². The average molecular weight is 311 g/mol. The highest BCUT2D eigenvalue weighted by atomic mass is 16.2. The minimum atomic E-state index is -0.578. The SMILES string of the molecule is Cc1ccccc1CNC(=O)C(=O)N(C)CCc1ccncc1. The number of aromatic nitrogens is 1. The molecule has 0 aliphatic rings. The van der Waals surface area contributed by atoms with E-state index in [1.807, 2.05) is 43.3 Å². The van der Waals surface area contributed by atoms with E-state index < -0.39 is 11.8 Å². The Morgan fingerprint density at radius 1 is 1.13 bits per heavy atom. The fourth-order valence-corrected chi connectivity index (χ4v) is 2.18. The first-order valence-corrected chi connectivity index (χ1v) is 7.54. The van der Waals surface area contributed by atoms with Crippen molar-refractivity contribution in [3.8, 4) is 0 Å². The number of carbonyl (C=O) groups is 2. The second-order valence-corrected chi connectivity index (χ2v) is 5.44. The van der Waals surface area contributed by atoms with Crippen LogP contribution in [-0.4, -0.2) is 35.3 Å². The lowest BCUT2D eigenvalue weighted by Gasteiger charge is -2.17. The maximum absolute atomic E-state index is 12.1. The van der Waals surface area contributed by atoms with Crippen molar-refractivity contribution < 1.29 is 9.59 Å². The third kappa shape index (κ3) is 4.92. The molecule has 2 rings (SSSR count). The molecule has 1 N–H and O–H groups in total. The number of hydrogen-bond donors (Lipinski definition) is 1. The number of aryl methyl sites for hydroxylation is 1. The number of carbonyl (C=O) groups excluding carboxylic acids is 2. The Morgan fingerprint density at radius 3 is 2.52 bits per heavy atom. The van der Waals surface area contributed by atoms with Gasteiger partial charge in [0.2, 0.25) is 0 Å². The molecule has 0 fully saturated rings. The van der Waals surface area contributed by atoms with Gasteiger partial charge in [0, 0.05) is 32.5 Å². The first kappa shape index (κ1) is 16.7. The summed E-state index contributed by atoms with van der Waals surface area (Å²) in [4.78, 5) is 29.4. The molecule has 2 amide bonds. The van der Waals surface area contributed by atoms with Crippen molar-refractivity contribution >= 4 is 11.8 Å². The van der Waals surface area contributed by atoms with Crippen LogP contribution in [-0.2, 0) is 22.6 Å². The van der Waals surface area contributed by atoms with Crippen molar-refractivity contribution in [1.29, 1.82) is 0 Å². The third-order valence-electron chi connectivity index (χ3n) is 3.73. The summed E-state index contributed by atoms with van der Waals surface area (Å²) in [7, 11) is 1.64. The number of likely N-dealkylation sites (N-methyl/N-ethyl adjacent to an activating group) is 1. The minimum absolute atomic E-state index is 0.357. The molecule has 23 heavy (non-hydrogen) atoms. The molecule has 0 aliphatic carbocycles. The Labute approximate surface area is 136 Å². The second-order valence-electron chi connectivity index (χ2n) is 5.44. The molecule has 1 aromatic heterocycles. The highest BCUT2D eigenvalue weighted by Crippen LogP contribution is 2.06. The Balaban J connectivity index is 1.82. The first-order chi connectivity index (χ1) is 11.1. The van der Waals surface area contributed by atoms with Crippen LogP contribution in [0.3, 0.4) is 0 Å². The molecule has 5 heteroatoms. The zero-order valence-electron chi connectivity index (χ0n) is 13.5. The van der Waals surface area contributed by atoms with Crippen LogP contribution in [0.1, 0.15) is 16.7 Å². The standard InChI is InChI=1S/C18H21N3O2/c1-14-5-3-4-6-16(14)13-20-17(22)18(23)21(2)12-9-15-7-10-19-11-8-15/h3-8,10-11H,9,12-13H2,1-2H3,(H,20,22). The summed E-state index contributed by atoms with van der Waals surface area (Å²) in [5.74, 6) is -1.10. The quantitative estimate of drug-likeness (QED) is 0.855. The van der Waals surface area contributed by atoms with Crippen LogP contribution in [0.5, 0.6) is 0 Å². The van der Waals surface area contributed by atoms with E-state index in [-0.39, 0.29) is 0 Å². The smallest absolute Gasteiger partial charge is 0.311 e. The van der Waals surface area contributed by atoms with Gasteiger partial charge in [0.15, 0.2) is 0 Å². The van der Waals surface area contributed by atoms with Gasteiger partial charge in [0.1, 0.15) is 0 Å². The summed E-state index contributed by atoms with van der Waals surface area (Å²) in [5, 5.41) is 2.68. The molecule has 5 nitrogen and oxygen atoms in total. The molecule has 1 aromatic carbocycles. The molecule has 0 saturated carbocycles. The van der Waals surface area contributed by atoms with E-state index >= 15 is 0 Å². The highest BCUT2D eigenvalue weighted by molar-refractivity contribution is 6.34. The normalized spacial score (nSPS) is 10.2. The van der Waals surface area contributed by atoms with Gasteiger partial charge in [-0.3, -0.25) is 14.6 Å². The van der Waals surface area contributed by atoms with Gasteiger partial charge in [0.05, 0.1) is 0 Å². The summed E-state index contributed by atoms with van der Waals surface area (Å²) >= 11 is 0. The monoisotopic (exact) mass is 311 g/mol. The molecule has 0 radical (unpaired) electrons. The minimum Gasteiger partial charge on any atom is -0.344 e. The number of benzene rings is 1. The maximum Gasteiger partial charge on any atom is 0.311 e. The van der Waals surface area contributed by atoms with Crippen molar-refractivity contribution in [2.45, 2.75) is 19.9 Å². The molecule has 0 saturated heterocycles. The van der Waals surface area contributed by atoms with Crippen molar-refractivity contribution in [1.82, 2.24) is 15.2 Å². The molecular weight excluding hydrogens is 290 g/mol. The van der Waals surface area contributed by atoms with Gasteiger partial charge in [-0.2, -0.15) is 0 Å². The van der Waals surface area contributed by atoms with E-state index in [2.05, 4.69) is 10.3 Å². The number of hydrogen-bond acceptors (Lipinski definition) is 3. The number of pyridine rings is 1.